The molecule has 0 fully saturated rings. The molecule has 1 N–H and O–H groups in total. The molecule has 4 nitrogen and oxygen atoms in total. The Morgan fingerprint density at radius 3 is 2.55 bits per heavy atom. The fourth-order valence-electron chi connectivity index (χ4n) is 1.77. The molecular weight excluding hydrogens is 382 g/mol. The Morgan fingerprint density at radius 2 is 2.05 bits per heavy atom. The second-order valence-corrected chi connectivity index (χ2v) is 9.55. The lowest BCUT2D eigenvalue weighted by Crippen LogP contribution is -2.26. The Balaban J connectivity index is 2.26. The van der Waals surface area contributed by atoms with Crippen molar-refractivity contribution in [3.8, 4) is 0 Å². The van der Waals surface area contributed by atoms with Gasteiger partial charge in [0.2, 0.25) is 10.0 Å². The molecule has 0 spiro atoms. The first-order valence-corrected chi connectivity index (χ1v) is 9.67. The normalized spacial score (nSPS) is 12.2. The van der Waals surface area contributed by atoms with Crippen molar-refractivity contribution in [1.29, 1.82) is 0 Å². The molecule has 0 unspecified atom stereocenters. The standard InChI is InChI=1S/C12H14BrNO3S3/c1-8-12(4-11(6-15)19-8)20(16,17)14(2)5-10-3-9(13)7-18-10/h3-4,7,15H,5-6H2,1-2H3. The molecule has 8 heteroatoms. The molecule has 110 valence electrons. The van der Waals surface area contributed by atoms with Gasteiger partial charge in [0.15, 0.2) is 0 Å². The fraction of sp³-hybridized carbons (Fsp3) is 0.333. The molecule has 2 heterocycles. The summed E-state index contributed by atoms with van der Waals surface area (Å²) < 4.78 is 27.4. The van der Waals surface area contributed by atoms with E-state index in [0.29, 0.717) is 16.3 Å². The smallest absolute Gasteiger partial charge is 0.244 e. The van der Waals surface area contributed by atoms with E-state index in [2.05, 4.69) is 15.9 Å². The number of hydrogen-bond donors (Lipinski definition) is 1. The third kappa shape index (κ3) is 3.32. The van der Waals surface area contributed by atoms with Crippen molar-refractivity contribution >= 4 is 48.6 Å². The van der Waals surface area contributed by atoms with Gasteiger partial charge in [0.25, 0.3) is 0 Å². The average Bonchev–Trinajstić information content (AvgIpc) is 2.95. The molecule has 0 aliphatic rings. The Bertz CT molecular complexity index is 705. The summed E-state index contributed by atoms with van der Waals surface area (Å²) in [5.41, 5.74) is 0. The van der Waals surface area contributed by atoms with Crippen LogP contribution < -0.4 is 0 Å². The van der Waals surface area contributed by atoms with Gasteiger partial charge in [-0.1, -0.05) is 0 Å². The number of sulfonamides is 1. The summed E-state index contributed by atoms with van der Waals surface area (Å²) in [5.74, 6) is 0. The maximum absolute atomic E-state index is 12.5. The highest BCUT2D eigenvalue weighted by Gasteiger charge is 2.25. The molecule has 0 radical (unpaired) electrons. The van der Waals surface area contributed by atoms with Gasteiger partial charge in [-0.15, -0.1) is 22.7 Å². The Hall–Kier alpha value is -0.250. The number of hydrogen-bond acceptors (Lipinski definition) is 5. The fourth-order valence-corrected chi connectivity index (χ4v) is 5.96. The van der Waals surface area contributed by atoms with E-state index in [4.69, 9.17) is 5.11 Å². The van der Waals surface area contributed by atoms with Crippen molar-refractivity contribution in [3.05, 3.63) is 36.6 Å². The van der Waals surface area contributed by atoms with Crippen LogP contribution in [0, 0.1) is 6.92 Å². The van der Waals surface area contributed by atoms with Crippen LogP contribution in [0.15, 0.2) is 26.9 Å². The third-order valence-corrected chi connectivity index (χ3v) is 7.54. The molecule has 0 aromatic carbocycles. The van der Waals surface area contributed by atoms with Crippen LogP contribution in [0.25, 0.3) is 0 Å². The summed E-state index contributed by atoms with van der Waals surface area (Å²) in [5, 5.41) is 11.0. The molecule has 0 aliphatic heterocycles. The summed E-state index contributed by atoms with van der Waals surface area (Å²) >= 11 is 6.18. The van der Waals surface area contributed by atoms with E-state index in [1.165, 1.54) is 27.0 Å². The van der Waals surface area contributed by atoms with Crippen LogP contribution in [0.2, 0.25) is 0 Å². The first-order chi connectivity index (χ1) is 9.34. The van der Waals surface area contributed by atoms with Gasteiger partial charge in [-0.05, 0) is 35.0 Å². The summed E-state index contributed by atoms with van der Waals surface area (Å²) in [7, 11) is -1.96. The number of aliphatic hydroxyl groups excluding tert-OH is 1. The molecule has 0 aliphatic carbocycles. The zero-order valence-corrected chi connectivity index (χ0v) is 15.0. The highest BCUT2D eigenvalue weighted by molar-refractivity contribution is 9.10. The van der Waals surface area contributed by atoms with Crippen molar-refractivity contribution < 1.29 is 13.5 Å². The lowest BCUT2D eigenvalue weighted by atomic mass is 10.4. The van der Waals surface area contributed by atoms with Gasteiger partial charge in [0.05, 0.1) is 11.5 Å². The van der Waals surface area contributed by atoms with Crippen LogP contribution in [-0.2, 0) is 23.2 Å². The summed E-state index contributed by atoms with van der Waals surface area (Å²) in [6.45, 7) is 1.96. The van der Waals surface area contributed by atoms with Crippen molar-refractivity contribution in [2.24, 2.45) is 0 Å². The minimum atomic E-state index is -3.52. The van der Waals surface area contributed by atoms with Crippen LogP contribution in [-0.4, -0.2) is 24.9 Å². The quantitative estimate of drug-likeness (QED) is 0.845. The molecule has 0 amide bonds. The maximum Gasteiger partial charge on any atom is 0.244 e. The average molecular weight is 396 g/mol. The van der Waals surface area contributed by atoms with Gasteiger partial charge in [-0.25, -0.2) is 8.42 Å². The van der Waals surface area contributed by atoms with Crippen molar-refractivity contribution in [1.82, 2.24) is 4.31 Å². The number of rotatable bonds is 5. The topological polar surface area (TPSA) is 57.6 Å². The molecule has 0 atom stereocenters. The van der Waals surface area contributed by atoms with E-state index in [1.54, 1.807) is 20.0 Å². The number of aryl methyl sites for hydroxylation is 1. The van der Waals surface area contributed by atoms with E-state index in [-0.39, 0.29) is 11.5 Å². The number of thiophene rings is 2. The van der Waals surface area contributed by atoms with E-state index in [9.17, 15) is 8.42 Å². The van der Waals surface area contributed by atoms with Gasteiger partial charge < -0.3 is 5.11 Å². The SMILES string of the molecule is Cc1sc(CO)cc1S(=O)(=O)N(C)Cc1cc(Br)cs1. The molecule has 2 aromatic heterocycles. The van der Waals surface area contributed by atoms with Gasteiger partial charge in [-0.2, -0.15) is 4.31 Å². The Morgan fingerprint density at radius 1 is 1.35 bits per heavy atom. The number of nitrogens with zero attached hydrogens (tertiary/aromatic N) is 1. The molecular formula is C12H14BrNO3S3. The van der Waals surface area contributed by atoms with Gasteiger partial charge in [0.1, 0.15) is 0 Å². The molecule has 0 bridgehead atoms. The van der Waals surface area contributed by atoms with Crippen LogP contribution in [0.1, 0.15) is 14.6 Å². The highest BCUT2D eigenvalue weighted by atomic mass is 79.9. The second kappa shape index (κ2) is 6.25. The van der Waals surface area contributed by atoms with E-state index >= 15 is 0 Å². The molecule has 20 heavy (non-hydrogen) atoms. The minimum Gasteiger partial charge on any atom is -0.391 e. The lowest BCUT2D eigenvalue weighted by molar-refractivity contribution is 0.285. The van der Waals surface area contributed by atoms with Crippen LogP contribution in [0.5, 0.6) is 0 Å². The van der Waals surface area contributed by atoms with Crippen molar-refractivity contribution in [3.63, 3.8) is 0 Å². The first kappa shape index (κ1) is 16.1. The summed E-state index contributed by atoms with van der Waals surface area (Å²) in [4.78, 5) is 2.62. The maximum atomic E-state index is 12.5. The highest BCUT2D eigenvalue weighted by Crippen LogP contribution is 2.29. The molecule has 0 saturated heterocycles. The predicted octanol–water partition coefficient (Wildman–Crippen LogP) is 3.19. The minimum absolute atomic E-state index is 0.136. The zero-order valence-electron chi connectivity index (χ0n) is 11.0. The third-order valence-electron chi connectivity index (χ3n) is 2.77. The number of halogens is 1. The van der Waals surface area contributed by atoms with Gasteiger partial charge in [-0.3, -0.25) is 0 Å². The molecule has 0 saturated carbocycles. The summed E-state index contributed by atoms with van der Waals surface area (Å²) in [6.07, 6.45) is 0. The predicted molar refractivity (Wildman–Crippen MR) is 85.7 cm³/mol. The zero-order chi connectivity index (χ0) is 14.9. The van der Waals surface area contributed by atoms with Crippen LogP contribution in [0.4, 0.5) is 0 Å². The Labute approximate surface area is 134 Å². The van der Waals surface area contributed by atoms with E-state index < -0.39 is 10.0 Å². The van der Waals surface area contributed by atoms with E-state index in [0.717, 1.165) is 9.35 Å². The van der Waals surface area contributed by atoms with Gasteiger partial charge >= 0.3 is 0 Å². The second-order valence-electron chi connectivity index (χ2n) is 4.28. The van der Waals surface area contributed by atoms with Crippen molar-refractivity contribution in [2.75, 3.05) is 7.05 Å². The largest absolute Gasteiger partial charge is 0.391 e. The number of aliphatic hydroxyl groups is 1. The van der Waals surface area contributed by atoms with Crippen LogP contribution >= 0.6 is 38.6 Å². The lowest BCUT2D eigenvalue weighted by Gasteiger charge is -2.16. The Kier molecular flexibility index (Phi) is 5.04. The molecule has 2 aromatic rings. The van der Waals surface area contributed by atoms with Crippen molar-refractivity contribution in [2.45, 2.75) is 25.0 Å². The van der Waals surface area contributed by atoms with E-state index in [1.807, 2.05) is 11.4 Å². The van der Waals surface area contributed by atoms with Crippen LogP contribution in [0.3, 0.4) is 0 Å². The molecule has 2 rings (SSSR count). The first-order valence-electron chi connectivity index (χ1n) is 5.74. The van der Waals surface area contributed by atoms with Gasteiger partial charge in [0, 0.05) is 38.1 Å². The monoisotopic (exact) mass is 395 g/mol. The summed E-state index contributed by atoms with van der Waals surface area (Å²) in [6, 6.07) is 3.46.